The van der Waals surface area contributed by atoms with Gasteiger partial charge in [-0.2, -0.15) is 0 Å². The van der Waals surface area contributed by atoms with Crippen molar-refractivity contribution < 1.29 is 4.79 Å². The third kappa shape index (κ3) is 4.80. The summed E-state index contributed by atoms with van der Waals surface area (Å²) < 4.78 is 0. The number of benzene rings is 1. The molecule has 2 aromatic heterocycles. The van der Waals surface area contributed by atoms with Crippen LogP contribution in [0.25, 0.3) is 0 Å². The van der Waals surface area contributed by atoms with Gasteiger partial charge in [0, 0.05) is 42.9 Å². The molecule has 0 unspecified atom stereocenters. The van der Waals surface area contributed by atoms with E-state index in [1.54, 1.807) is 42.7 Å². The number of carbonyl (C=O) groups excluding carboxylic acids is 1. The number of aromatic nitrogens is 2. The molecular weight excluding hydrogens is 348 g/mol. The lowest BCUT2D eigenvalue weighted by molar-refractivity contribution is 0.0796. The van der Waals surface area contributed by atoms with Gasteiger partial charge in [-0.05, 0) is 54.4 Å². The van der Waals surface area contributed by atoms with Gasteiger partial charge >= 0.3 is 0 Å². The van der Waals surface area contributed by atoms with Crippen LogP contribution in [0, 0.1) is 0 Å². The number of hydrogen-bond acceptors (Lipinski definition) is 4. The van der Waals surface area contributed by atoms with Crippen molar-refractivity contribution in [2.24, 2.45) is 0 Å². The SMILES string of the molecule is CN(CCc1ccncc1)C(=O)c1ccc(Nc2cccc(Cl)c2)nc1. The first-order chi connectivity index (χ1) is 12.6. The lowest BCUT2D eigenvalue weighted by Gasteiger charge is -2.17. The first-order valence-corrected chi connectivity index (χ1v) is 8.62. The molecule has 1 N–H and O–H groups in total. The van der Waals surface area contributed by atoms with Gasteiger partial charge in [-0.1, -0.05) is 17.7 Å². The molecule has 1 aromatic carbocycles. The Kier molecular flexibility index (Phi) is 5.81. The number of amides is 1. The average Bonchev–Trinajstić information content (AvgIpc) is 2.67. The van der Waals surface area contributed by atoms with Gasteiger partial charge in [0.2, 0.25) is 0 Å². The number of carbonyl (C=O) groups is 1. The van der Waals surface area contributed by atoms with Gasteiger partial charge in [-0.3, -0.25) is 9.78 Å². The lowest BCUT2D eigenvalue weighted by Crippen LogP contribution is -2.28. The summed E-state index contributed by atoms with van der Waals surface area (Å²) in [6, 6.07) is 14.8. The van der Waals surface area contributed by atoms with Gasteiger partial charge in [-0.15, -0.1) is 0 Å². The fourth-order valence-corrected chi connectivity index (χ4v) is 2.67. The average molecular weight is 367 g/mol. The van der Waals surface area contributed by atoms with E-state index in [1.165, 1.54) is 0 Å². The van der Waals surface area contributed by atoms with Crippen LogP contribution in [0.15, 0.2) is 67.1 Å². The Bertz CT molecular complexity index is 868. The zero-order valence-electron chi connectivity index (χ0n) is 14.4. The molecule has 0 bridgehead atoms. The molecular formula is C20H19ClN4O. The van der Waals surface area contributed by atoms with Crippen molar-refractivity contribution in [2.45, 2.75) is 6.42 Å². The third-order valence-corrected chi connectivity index (χ3v) is 4.17. The zero-order chi connectivity index (χ0) is 18.4. The van der Waals surface area contributed by atoms with Crippen LogP contribution in [0.4, 0.5) is 11.5 Å². The summed E-state index contributed by atoms with van der Waals surface area (Å²) in [5.74, 6) is 0.601. The highest BCUT2D eigenvalue weighted by atomic mass is 35.5. The molecule has 3 aromatic rings. The van der Waals surface area contributed by atoms with Crippen molar-refractivity contribution in [1.29, 1.82) is 0 Å². The maximum Gasteiger partial charge on any atom is 0.255 e. The maximum atomic E-state index is 12.5. The normalized spacial score (nSPS) is 10.4. The topological polar surface area (TPSA) is 58.1 Å². The minimum atomic E-state index is -0.0548. The Morgan fingerprint density at radius 3 is 2.65 bits per heavy atom. The molecule has 0 aliphatic heterocycles. The molecule has 2 heterocycles. The summed E-state index contributed by atoms with van der Waals surface area (Å²) in [5, 5.41) is 3.81. The molecule has 5 nitrogen and oxygen atoms in total. The third-order valence-electron chi connectivity index (χ3n) is 3.94. The molecule has 0 atom stereocenters. The first kappa shape index (κ1) is 17.9. The number of hydrogen-bond donors (Lipinski definition) is 1. The lowest BCUT2D eigenvalue weighted by atomic mass is 10.2. The molecule has 132 valence electrons. The van der Waals surface area contributed by atoms with Crippen molar-refractivity contribution in [2.75, 3.05) is 18.9 Å². The monoisotopic (exact) mass is 366 g/mol. The van der Waals surface area contributed by atoms with Crippen molar-refractivity contribution >= 4 is 29.0 Å². The highest BCUT2D eigenvalue weighted by Gasteiger charge is 2.12. The molecule has 3 rings (SSSR count). The highest BCUT2D eigenvalue weighted by Crippen LogP contribution is 2.19. The van der Waals surface area contributed by atoms with Gasteiger partial charge in [-0.25, -0.2) is 4.98 Å². The maximum absolute atomic E-state index is 12.5. The van der Waals surface area contributed by atoms with E-state index >= 15 is 0 Å². The molecule has 1 amide bonds. The molecule has 0 aliphatic rings. The van der Waals surface area contributed by atoms with Gasteiger partial charge in [0.05, 0.1) is 5.56 Å². The number of pyridine rings is 2. The van der Waals surface area contributed by atoms with Crippen LogP contribution in [-0.2, 0) is 6.42 Å². The smallest absolute Gasteiger partial charge is 0.255 e. The van der Waals surface area contributed by atoms with Crippen LogP contribution < -0.4 is 5.32 Å². The van der Waals surface area contributed by atoms with E-state index < -0.39 is 0 Å². The van der Waals surface area contributed by atoms with Crippen molar-refractivity contribution in [3.05, 3.63) is 83.3 Å². The summed E-state index contributed by atoms with van der Waals surface area (Å²) >= 11 is 5.97. The number of nitrogens with zero attached hydrogens (tertiary/aromatic N) is 3. The van der Waals surface area contributed by atoms with Crippen LogP contribution >= 0.6 is 11.6 Å². The van der Waals surface area contributed by atoms with E-state index in [0.717, 1.165) is 17.7 Å². The quantitative estimate of drug-likeness (QED) is 0.710. The van der Waals surface area contributed by atoms with Crippen molar-refractivity contribution in [3.63, 3.8) is 0 Å². The molecule has 0 radical (unpaired) electrons. The second-order valence-corrected chi connectivity index (χ2v) is 6.34. The molecule has 26 heavy (non-hydrogen) atoms. The van der Waals surface area contributed by atoms with Gasteiger partial charge in [0.15, 0.2) is 0 Å². The Balaban J connectivity index is 1.59. The Morgan fingerprint density at radius 2 is 1.96 bits per heavy atom. The van der Waals surface area contributed by atoms with Crippen LogP contribution in [0.5, 0.6) is 0 Å². The molecule has 0 fully saturated rings. The largest absolute Gasteiger partial charge is 0.341 e. The van der Waals surface area contributed by atoms with Crippen molar-refractivity contribution in [3.8, 4) is 0 Å². The molecule has 0 saturated heterocycles. The van der Waals surface area contributed by atoms with Crippen molar-refractivity contribution in [1.82, 2.24) is 14.9 Å². The first-order valence-electron chi connectivity index (χ1n) is 8.25. The standard InChI is InChI=1S/C20H19ClN4O/c1-25(12-9-15-7-10-22-11-8-15)20(26)16-5-6-19(23-14-16)24-18-4-2-3-17(21)13-18/h2-8,10-11,13-14H,9,12H2,1H3,(H,23,24). The Morgan fingerprint density at radius 1 is 1.15 bits per heavy atom. The summed E-state index contributed by atoms with van der Waals surface area (Å²) in [6.45, 7) is 0.630. The van der Waals surface area contributed by atoms with Crippen LogP contribution in [0.2, 0.25) is 5.02 Å². The van der Waals surface area contributed by atoms with E-state index in [9.17, 15) is 4.79 Å². The Labute approximate surface area is 157 Å². The number of likely N-dealkylation sites (N-methyl/N-ethyl adjacent to an activating group) is 1. The Hall–Kier alpha value is -2.92. The fourth-order valence-electron chi connectivity index (χ4n) is 2.48. The van der Waals surface area contributed by atoms with Crippen LogP contribution in [0.1, 0.15) is 15.9 Å². The van der Waals surface area contributed by atoms with Gasteiger partial charge < -0.3 is 10.2 Å². The van der Waals surface area contributed by atoms with Crippen LogP contribution in [-0.4, -0.2) is 34.4 Å². The predicted molar refractivity (Wildman–Crippen MR) is 104 cm³/mol. The predicted octanol–water partition coefficient (Wildman–Crippen LogP) is 4.19. The van der Waals surface area contributed by atoms with Crippen LogP contribution in [0.3, 0.4) is 0 Å². The number of nitrogens with one attached hydrogen (secondary N) is 1. The highest BCUT2D eigenvalue weighted by molar-refractivity contribution is 6.30. The number of halogens is 1. The minimum Gasteiger partial charge on any atom is -0.341 e. The second kappa shape index (κ2) is 8.45. The van der Waals surface area contributed by atoms with E-state index in [2.05, 4.69) is 15.3 Å². The molecule has 6 heteroatoms. The molecule has 0 spiro atoms. The van der Waals surface area contributed by atoms with Gasteiger partial charge in [0.1, 0.15) is 5.82 Å². The van der Waals surface area contributed by atoms with E-state index in [0.29, 0.717) is 22.9 Å². The molecule has 0 aliphatic carbocycles. The fraction of sp³-hybridized carbons (Fsp3) is 0.150. The molecule has 0 saturated carbocycles. The summed E-state index contributed by atoms with van der Waals surface area (Å²) in [7, 11) is 1.79. The summed E-state index contributed by atoms with van der Waals surface area (Å²) in [5.41, 5.74) is 2.55. The number of rotatable bonds is 6. The van der Waals surface area contributed by atoms with E-state index in [4.69, 9.17) is 11.6 Å². The second-order valence-electron chi connectivity index (χ2n) is 5.90. The van der Waals surface area contributed by atoms with E-state index in [-0.39, 0.29) is 5.91 Å². The summed E-state index contributed by atoms with van der Waals surface area (Å²) in [6.07, 6.45) is 5.88. The minimum absolute atomic E-state index is 0.0548. The van der Waals surface area contributed by atoms with Gasteiger partial charge in [0.25, 0.3) is 5.91 Å². The number of anilines is 2. The van der Waals surface area contributed by atoms with E-state index in [1.807, 2.05) is 36.4 Å². The zero-order valence-corrected chi connectivity index (χ0v) is 15.1. The summed E-state index contributed by atoms with van der Waals surface area (Å²) in [4.78, 5) is 22.5.